The minimum absolute atomic E-state index is 0.00645. The van der Waals surface area contributed by atoms with Gasteiger partial charge in [0, 0.05) is 18.7 Å². The number of guanidine groups is 1. The van der Waals surface area contributed by atoms with Crippen LogP contribution in [0.25, 0.3) is 0 Å². The number of carbonyl (C=O) groups excluding carboxylic acids is 14. The predicted molar refractivity (Wildman–Crippen MR) is 383 cm³/mol. The molecule has 38 nitrogen and oxygen atoms in total. The number of aliphatic imine (C=N–C) groups is 1. The third-order valence-corrected chi connectivity index (χ3v) is 16.5. The minimum Gasteiger partial charge on any atom is -0.480 e. The molecule has 39 heteroatoms. The van der Waals surface area contributed by atoms with Crippen molar-refractivity contribution < 1.29 is 92.3 Å². The van der Waals surface area contributed by atoms with Crippen molar-refractivity contribution >= 4 is 107 Å². The van der Waals surface area contributed by atoms with E-state index in [-0.39, 0.29) is 68.6 Å². The number of carboxylic acid groups (broad SMARTS) is 1. The standard InChI is InChI=1S/C65H111N19O19S/c1-12-33(6)49(61(99)80-44(29-85)58(96)74-34(7)52(90)71-27-46(88)76-40(22-18-24-70-65(68)69)56(94)77-41(64(102)103)21-16-17-23-66)82-47(89)28-72-55(93)42(25-31(2)3)78-54(92)36(9)73-53(91)35(8)75-62(100)50(37(10)86)84-63(101)51(38(11)87)83-57(95)43(26-39-19-14-13-15-20-39)79-59(97)45(30-104)81-60(98)48(67)32(4)5/h13-15,19-20,31-38,40-45,48-51,85-87,104H,12,16-18,21-30,66-67H2,1-11H3,(H,71,90)(H,72,93)(H,73,91)(H,74,96)(H,75,100)(H,76,88)(H,77,94)(H,78,92)(H,79,97)(H,80,99)(H,81,98)(H,82,89)(H,83,95)(H,84,101)(H,102,103)(H4,68,69,70)/t33-,34-,35-,36-,37+,38+,40-,41-,42-,43-,44-,45-,48-,49-,50-,51-/m0/s1. The SMILES string of the molecule is CC[C@H](C)[C@H](NC(=O)CNC(=O)[C@H](CC(C)C)NC(=O)[C@H](C)NC(=O)[C@H](C)NC(=O)[C@@H](NC(=O)[C@@H](NC(=O)[C@H](Cc1ccccc1)NC(=O)[C@H](CS)NC(=O)[C@@H](N)C(C)C)[C@@H](C)O)[C@@H](C)O)C(=O)N[C@@H](CO)C(=O)N[C@@H](C)C(=O)NCC(=O)N[C@@H](CCCN=C(N)N)C(=O)N[C@@H](CCCCN)C(=O)O. The summed E-state index contributed by atoms with van der Waals surface area (Å²) in [5.41, 5.74) is 22.8. The van der Waals surface area contributed by atoms with E-state index in [1.54, 1.807) is 71.9 Å². The van der Waals surface area contributed by atoms with Crippen molar-refractivity contribution in [3.63, 3.8) is 0 Å². The van der Waals surface area contributed by atoms with Crippen LogP contribution in [0.3, 0.4) is 0 Å². The van der Waals surface area contributed by atoms with Crippen molar-refractivity contribution in [2.24, 2.45) is 45.7 Å². The molecule has 0 spiro atoms. The number of rotatable bonds is 48. The van der Waals surface area contributed by atoms with Crippen LogP contribution < -0.4 is 97.4 Å². The lowest BCUT2D eigenvalue weighted by Gasteiger charge is -2.29. The summed E-state index contributed by atoms with van der Waals surface area (Å²) in [5.74, 6) is -15.9. The van der Waals surface area contributed by atoms with E-state index in [1.165, 1.54) is 20.8 Å². The molecular weight excluding hydrogens is 1380 g/mol. The quantitative estimate of drug-likeness (QED) is 0.0125. The molecule has 1 aromatic carbocycles. The summed E-state index contributed by atoms with van der Waals surface area (Å²) >= 11 is 4.19. The van der Waals surface area contributed by atoms with E-state index in [1.807, 2.05) is 0 Å². The van der Waals surface area contributed by atoms with E-state index in [0.717, 1.165) is 13.8 Å². The van der Waals surface area contributed by atoms with Crippen LogP contribution in [-0.4, -0.2) is 244 Å². The number of nitrogens with two attached hydrogens (primary N) is 4. The van der Waals surface area contributed by atoms with E-state index < -0.39 is 205 Å². The van der Waals surface area contributed by atoms with Crippen molar-refractivity contribution in [3.8, 4) is 0 Å². The Morgan fingerprint density at radius 2 is 0.923 bits per heavy atom. The van der Waals surface area contributed by atoms with Gasteiger partial charge in [-0.3, -0.25) is 72.1 Å². The minimum atomic E-state index is -1.83. The van der Waals surface area contributed by atoms with Crippen LogP contribution in [-0.2, 0) is 78.3 Å². The molecule has 0 saturated carbocycles. The highest BCUT2D eigenvalue weighted by Gasteiger charge is 2.38. The number of amides is 14. The highest BCUT2D eigenvalue weighted by molar-refractivity contribution is 7.80. The second-order valence-corrected chi connectivity index (χ2v) is 26.3. The monoisotopic (exact) mass is 1490 g/mol. The Hall–Kier alpha value is -9.31. The molecule has 1 aromatic rings. The molecule has 26 N–H and O–H groups in total. The Morgan fingerprint density at radius 3 is 1.44 bits per heavy atom. The number of hydrogen-bond acceptors (Lipinski definition) is 22. The Morgan fingerprint density at radius 1 is 0.481 bits per heavy atom. The van der Waals surface area contributed by atoms with Crippen LogP contribution in [0.5, 0.6) is 0 Å². The Bertz CT molecular complexity index is 3070. The summed E-state index contributed by atoms with van der Waals surface area (Å²) in [6.45, 7) is 14.0. The largest absolute Gasteiger partial charge is 0.480 e. The average Bonchev–Trinajstić information content (AvgIpc) is 0.818. The maximum absolute atomic E-state index is 14.0. The Kier molecular flexibility index (Phi) is 42.7. The molecule has 14 amide bonds. The van der Waals surface area contributed by atoms with Crippen LogP contribution in [0.15, 0.2) is 35.3 Å². The van der Waals surface area contributed by atoms with Crippen LogP contribution in [0.2, 0.25) is 0 Å². The zero-order valence-electron chi connectivity index (χ0n) is 60.8. The number of aliphatic hydroxyl groups excluding tert-OH is 3. The summed E-state index contributed by atoms with van der Waals surface area (Å²) in [5, 5.41) is 74.9. The Labute approximate surface area is 610 Å². The van der Waals surface area contributed by atoms with Crippen LogP contribution in [0, 0.1) is 17.8 Å². The van der Waals surface area contributed by atoms with Gasteiger partial charge in [-0.2, -0.15) is 12.6 Å². The van der Waals surface area contributed by atoms with E-state index in [0.29, 0.717) is 24.9 Å². The van der Waals surface area contributed by atoms with Crippen molar-refractivity contribution in [3.05, 3.63) is 35.9 Å². The third-order valence-electron chi connectivity index (χ3n) is 16.1. The van der Waals surface area contributed by atoms with Gasteiger partial charge in [-0.1, -0.05) is 78.3 Å². The maximum Gasteiger partial charge on any atom is 0.326 e. The zero-order chi connectivity index (χ0) is 79.2. The smallest absolute Gasteiger partial charge is 0.326 e. The number of hydrogen-bond donors (Lipinski definition) is 23. The van der Waals surface area contributed by atoms with Gasteiger partial charge in [0.15, 0.2) is 5.96 Å². The molecule has 586 valence electrons. The van der Waals surface area contributed by atoms with Gasteiger partial charge in [0.2, 0.25) is 82.7 Å². The zero-order valence-corrected chi connectivity index (χ0v) is 61.7. The normalized spacial score (nSPS) is 15.8. The molecule has 104 heavy (non-hydrogen) atoms. The topological polar surface area (TPSA) is 622 Å². The molecular formula is C65H111N19O19S. The molecule has 0 aliphatic carbocycles. The first-order chi connectivity index (χ1) is 48.7. The number of carboxylic acids is 1. The predicted octanol–water partition coefficient (Wildman–Crippen LogP) is -7.63. The number of aliphatic hydroxyl groups is 3. The molecule has 0 saturated heterocycles. The molecule has 0 unspecified atom stereocenters. The van der Waals surface area contributed by atoms with Crippen molar-refractivity contribution in [2.75, 3.05) is 38.5 Å². The first-order valence-corrected chi connectivity index (χ1v) is 34.9. The van der Waals surface area contributed by atoms with E-state index in [9.17, 15) is 92.3 Å². The van der Waals surface area contributed by atoms with Crippen molar-refractivity contribution in [1.29, 1.82) is 0 Å². The molecule has 0 bridgehead atoms. The Balaban J connectivity index is 3.06. The number of unbranched alkanes of at least 4 members (excludes halogenated alkanes) is 1. The molecule has 0 aliphatic heterocycles. The summed E-state index contributed by atoms with van der Waals surface area (Å²) in [4.78, 5) is 204. The highest BCUT2D eigenvalue weighted by Crippen LogP contribution is 2.12. The van der Waals surface area contributed by atoms with Gasteiger partial charge in [0.05, 0.1) is 37.9 Å². The summed E-state index contributed by atoms with van der Waals surface area (Å²) in [6.07, 6.45) is -2.09. The number of nitrogens with one attached hydrogen (secondary N) is 14. The van der Waals surface area contributed by atoms with Crippen molar-refractivity contribution in [1.82, 2.24) is 74.4 Å². The van der Waals surface area contributed by atoms with E-state index >= 15 is 0 Å². The molecule has 1 rings (SSSR count). The second kappa shape index (κ2) is 47.9. The second-order valence-electron chi connectivity index (χ2n) is 26.0. The van der Waals surface area contributed by atoms with Gasteiger partial charge in [0.25, 0.3) is 0 Å². The molecule has 0 fully saturated rings. The molecule has 0 heterocycles. The van der Waals surface area contributed by atoms with Gasteiger partial charge in [0.1, 0.15) is 72.5 Å². The average molecular weight is 1490 g/mol. The number of aliphatic carboxylic acids is 1. The first kappa shape index (κ1) is 92.7. The fraction of sp³-hybridized carbons (Fsp3) is 0.662. The summed E-state index contributed by atoms with van der Waals surface area (Å²) in [7, 11) is 0. The van der Waals surface area contributed by atoms with Crippen LogP contribution in [0.1, 0.15) is 127 Å². The lowest BCUT2D eigenvalue weighted by atomic mass is 9.98. The van der Waals surface area contributed by atoms with Gasteiger partial charge in [-0.05, 0) is 103 Å². The number of benzene rings is 1. The van der Waals surface area contributed by atoms with E-state index in [4.69, 9.17) is 22.9 Å². The van der Waals surface area contributed by atoms with Gasteiger partial charge in [-0.25, -0.2) is 4.79 Å². The van der Waals surface area contributed by atoms with Gasteiger partial charge in [-0.15, -0.1) is 0 Å². The van der Waals surface area contributed by atoms with Gasteiger partial charge < -0.3 is 118 Å². The highest BCUT2D eigenvalue weighted by atomic mass is 32.1. The summed E-state index contributed by atoms with van der Waals surface area (Å²) in [6, 6.07) is -10.1. The summed E-state index contributed by atoms with van der Waals surface area (Å²) < 4.78 is 0. The van der Waals surface area contributed by atoms with Crippen LogP contribution >= 0.6 is 12.6 Å². The number of carbonyl (C=O) groups is 15. The third kappa shape index (κ3) is 34.3. The van der Waals surface area contributed by atoms with Crippen LogP contribution in [0.4, 0.5) is 0 Å². The fourth-order valence-corrected chi connectivity index (χ4v) is 9.85. The fourth-order valence-electron chi connectivity index (χ4n) is 9.59. The lowest BCUT2D eigenvalue weighted by molar-refractivity contribution is -0.142. The van der Waals surface area contributed by atoms with E-state index in [2.05, 4.69) is 92.1 Å². The van der Waals surface area contributed by atoms with Crippen molar-refractivity contribution in [2.45, 2.75) is 218 Å². The number of thiol groups is 1. The number of nitrogens with zero attached hydrogens (tertiary/aromatic N) is 1. The molecule has 0 aromatic heterocycles. The molecule has 16 atom stereocenters. The maximum atomic E-state index is 14.0. The van der Waals surface area contributed by atoms with Gasteiger partial charge >= 0.3 is 5.97 Å². The molecule has 0 aliphatic rings. The molecule has 0 radical (unpaired) electrons. The lowest BCUT2D eigenvalue weighted by Crippen LogP contribution is -2.63. The first-order valence-electron chi connectivity index (χ1n) is 34.3.